The SMILES string of the molecule is CC1(C)S[C@@H]2C(NC(=O)OCc3ccccc3)C(=O)N2[C@H]1C(=O)OCCl. The molecule has 2 heterocycles. The van der Waals surface area contributed by atoms with Gasteiger partial charge in [0.2, 0.25) is 5.91 Å². The van der Waals surface area contributed by atoms with E-state index in [1.807, 2.05) is 44.2 Å². The number of halogens is 1. The summed E-state index contributed by atoms with van der Waals surface area (Å²) >= 11 is 6.90. The third-order valence-corrected chi connectivity index (χ3v) is 6.03. The van der Waals surface area contributed by atoms with Gasteiger partial charge in [-0.15, -0.1) is 11.8 Å². The van der Waals surface area contributed by atoms with Gasteiger partial charge in [-0.05, 0) is 19.4 Å². The fourth-order valence-corrected chi connectivity index (χ4v) is 4.88. The van der Waals surface area contributed by atoms with Crippen molar-refractivity contribution in [1.29, 1.82) is 0 Å². The van der Waals surface area contributed by atoms with Crippen LogP contribution in [0.3, 0.4) is 0 Å². The second-order valence-corrected chi connectivity index (χ2v) is 8.51. The summed E-state index contributed by atoms with van der Waals surface area (Å²) in [5.41, 5.74) is 0.851. The molecular weight excluding hydrogens is 380 g/mol. The van der Waals surface area contributed by atoms with Gasteiger partial charge in [-0.1, -0.05) is 41.9 Å². The molecular formula is C17H19ClN2O5S. The van der Waals surface area contributed by atoms with Gasteiger partial charge >= 0.3 is 12.1 Å². The van der Waals surface area contributed by atoms with Crippen LogP contribution < -0.4 is 5.32 Å². The molecule has 7 nitrogen and oxygen atoms in total. The summed E-state index contributed by atoms with van der Waals surface area (Å²) in [4.78, 5) is 38.1. The Bertz CT molecular complexity index is 714. The fourth-order valence-electron chi connectivity index (χ4n) is 3.15. The van der Waals surface area contributed by atoms with Crippen LogP contribution in [0.1, 0.15) is 19.4 Å². The van der Waals surface area contributed by atoms with Crippen LogP contribution in [-0.4, -0.2) is 51.1 Å². The van der Waals surface area contributed by atoms with Crippen LogP contribution in [0.2, 0.25) is 0 Å². The Morgan fingerprint density at radius 3 is 2.62 bits per heavy atom. The van der Waals surface area contributed by atoms with Crippen molar-refractivity contribution in [2.75, 3.05) is 6.07 Å². The Balaban J connectivity index is 1.59. The number of nitrogens with zero attached hydrogens (tertiary/aromatic N) is 1. The van der Waals surface area contributed by atoms with E-state index in [1.54, 1.807) is 0 Å². The molecule has 1 aromatic carbocycles. The van der Waals surface area contributed by atoms with E-state index in [0.29, 0.717) is 0 Å². The maximum absolute atomic E-state index is 12.5. The van der Waals surface area contributed by atoms with Crippen LogP contribution in [-0.2, 0) is 25.7 Å². The van der Waals surface area contributed by atoms with Crippen LogP contribution in [0.5, 0.6) is 0 Å². The molecule has 2 saturated heterocycles. The third kappa shape index (κ3) is 3.48. The number of hydrogen-bond donors (Lipinski definition) is 1. The number of alkyl carbamates (subject to hydrolysis) is 1. The first kappa shape index (κ1) is 18.8. The number of hydrogen-bond acceptors (Lipinski definition) is 6. The number of carbonyl (C=O) groups is 3. The van der Waals surface area contributed by atoms with Crippen LogP contribution in [0.25, 0.3) is 0 Å². The Morgan fingerprint density at radius 1 is 1.27 bits per heavy atom. The zero-order valence-electron chi connectivity index (χ0n) is 14.3. The normalized spacial score (nSPS) is 25.9. The molecule has 1 unspecified atom stereocenters. The van der Waals surface area contributed by atoms with E-state index in [-0.39, 0.29) is 24.0 Å². The maximum atomic E-state index is 12.5. The molecule has 0 bridgehead atoms. The van der Waals surface area contributed by atoms with Crippen molar-refractivity contribution in [3.8, 4) is 0 Å². The second kappa shape index (κ2) is 7.36. The van der Waals surface area contributed by atoms with Gasteiger partial charge in [-0.25, -0.2) is 9.59 Å². The van der Waals surface area contributed by atoms with Crippen LogP contribution in [0.4, 0.5) is 4.79 Å². The zero-order chi connectivity index (χ0) is 18.9. The number of ether oxygens (including phenoxy) is 2. The highest BCUT2D eigenvalue weighted by atomic mass is 35.5. The van der Waals surface area contributed by atoms with E-state index in [1.165, 1.54) is 16.7 Å². The van der Waals surface area contributed by atoms with Crippen molar-refractivity contribution in [3.63, 3.8) is 0 Å². The van der Waals surface area contributed by atoms with Crippen molar-refractivity contribution in [2.45, 2.75) is 42.7 Å². The van der Waals surface area contributed by atoms with Crippen LogP contribution in [0.15, 0.2) is 30.3 Å². The molecule has 1 N–H and O–H groups in total. The summed E-state index contributed by atoms with van der Waals surface area (Å²) in [5, 5.41) is 2.25. The predicted octanol–water partition coefficient (Wildman–Crippen LogP) is 2.08. The zero-order valence-corrected chi connectivity index (χ0v) is 15.9. The molecule has 0 saturated carbocycles. The molecule has 0 spiro atoms. The van der Waals surface area contributed by atoms with Crippen molar-refractivity contribution in [2.24, 2.45) is 0 Å². The number of thioether (sulfide) groups is 1. The number of nitrogens with one attached hydrogen (secondary N) is 1. The van der Waals surface area contributed by atoms with Gasteiger partial charge in [0.05, 0.1) is 0 Å². The summed E-state index contributed by atoms with van der Waals surface area (Å²) in [6.45, 7) is 3.83. The average Bonchev–Trinajstić information content (AvgIpc) is 2.87. The highest BCUT2D eigenvalue weighted by molar-refractivity contribution is 8.01. The smallest absolute Gasteiger partial charge is 0.408 e. The quantitative estimate of drug-likeness (QED) is 0.464. The Hall–Kier alpha value is -1.93. The summed E-state index contributed by atoms with van der Waals surface area (Å²) in [5.74, 6) is -0.875. The third-order valence-electron chi connectivity index (χ3n) is 4.35. The number of benzene rings is 1. The highest BCUT2D eigenvalue weighted by Crippen LogP contribution is 2.51. The first-order valence-electron chi connectivity index (χ1n) is 8.05. The predicted molar refractivity (Wildman–Crippen MR) is 96.5 cm³/mol. The minimum Gasteiger partial charge on any atom is -0.448 e. The van der Waals surface area contributed by atoms with Crippen molar-refractivity contribution in [3.05, 3.63) is 35.9 Å². The molecule has 9 heteroatoms. The number of esters is 1. The Morgan fingerprint density at radius 2 is 1.96 bits per heavy atom. The first-order chi connectivity index (χ1) is 12.3. The monoisotopic (exact) mass is 398 g/mol. The first-order valence-corrected chi connectivity index (χ1v) is 9.46. The summed E-state index contributed by atoms with van der Waals surface area (Å²) in [6.07, 6.45) is -0.669. The van der Waals surface area contributed by atoms with Gasteiger partial charge in [-0.3, -0.25) is 4.79 Å². The highest BCUT2D eigenvalue weighted by Gasteiger charge is 2.64. The molecule has 2 amide bonds. The van der Waals surface area contributed by atoms with Gasteiger partial charge in [0, 0.05) is 4.75 Å². The molecule has 2 aliphatic rings. The summed E-state index contributed by atoms with van der Waals surface area (Å²) in [6, 6.07) is 7.52. The van der Waals surface area contributed by atoms with Crippen LogP contribution >= 0.6 is 23.4 Å². The molecule has 2 fully saturated rings. The molecule has 0 aliphatic carbocycles. The second-order valence-electron chi connectivity index (χ2n) is 6.52. The van der Waals surface area contributed by atoms with E-state index < -0.39 is 28.9 Å². The van der Waals surface area contributed by atoms with Gasteiger partial charge in [0.25, 0.3) is 0 Å². The minimum atomic E-state index is -0.734. The van der Waals surface area contributed by atoms with E-state index in [4.69, 9.17) is 21.1 Å². The van der Waals surface area contributed by atoms with Crippen LogP contribution in [0, 0.1) is 0 Å². The van der Waals surface area contributed by atoms with Gasteiger partial charge in [0.15, 0.2) is 6.07 Å². The molecule has 0 radical (unpaired) electrons. The lowest BCUT2D eigenvalue weighted by Gasteiger charge is -2.43. The number of rotatable bonds is 5. The topological polar surface area (TPSA) is 84.9 Å². The van der Waals surface area contributed by atoms with E-state index in [9.17, 15) is 14.4 Å². The standard InChI is InChI=1S/C17H19ClN2O5S/c1-17(2)12(15(22)25-9-18)20-13(21)11(14(20)26-17)19-16(23)24-8-10-6-4-3-5-7-10/h3-7,11-12,14H,8-9H2,1-2H3,(H,19,23)/t11?,12-,14+/m0/s1. The van der Waals surface area contributed by atoms with Crippen molar-refractivity contribution in [1.82, 2.24) is 10.2 Å². The average molecular weight is 399 g/mol. The number of alkyl halides is 1. The number of carbonyl (C=O) groups excluding carboxylic acids is 3. The number of fused-ring (bicyclic) bond motifs is 1. The maximum Gasteiger partial charge on any atom is 0.408 e. The molecule has 0 aromatic heterocycles. The van der Waals surface area contributed by atoms with E-state index in [0.717, 1.165) is 5.56 Å². The lowest BCUT2D eigenvalue weighted by molar-refractivity contribution is -0.162. The number of amides is 2. The lowest BCUT2D eigenvalue weighted by atomic mass is 9.96. The largest absolute Gasteiger partial charge is 0.448 e. The van der Waals surface area contributed by atoms with Crippen molar-refractivity contribution >= 4 is 41.3 Å². The van der Waals surface area contributed by atoms with E-state index >= 15 is 0 Å². The lowest BCUT2D eigenvalue weighted by Crippen LogP contribution is -2.70. The van der Waals surface area contributed by atoms with E-state index in [2.05, 4.69) is 5.32 Å². The number of β-lactam (4-membered cyclic amide) rings is 1. The molecule has 3 atom stereocenters. The van der Waals surface area contributed by atoms with Gasteiger partial charge in [0.1, 0.15) is 24.1 Å². The van der Waals surface area contributed by atoms with Gasteiger partial charge in [-0.2, -0.15) is 0 Å². The Labute approximate surface area is 160 Å². The Kier molecular flexibility index (Phi) is 5.34. The molecule has 140 valence electrons. The van der Waals surface area contributed by atoms with Gasteiger partial charge < -0.3 is 19.7 Å². The molecule has 3 rings (SSSR count). The minimum absolute atomic E-state index is 0.116. The molecule has 1 aromatic rings. The fraction of sp³-hybridized carbons (Fsp3) is 0.471. The summed E-state index contributed by atoms with van der Waals surface area (Å²) < 4.78 is 9.48. The molecule has 2 aliphatic heterocycles. The summed E-state index contributed by atoms with van der Waals surface area (Å²) in [7, 11) is 0. The molecule has 26 heavy (non-hydrogen) atoms. The van der Waals surface area contributed by atoms with Crippen molar-refractivity contribution < 1.29 is 23.9 Å².